The molecule has 1 saturated heterocycles. The molecule has 156 valence electrons. The predicted molar refractivity (Wildman–Crippen MR) is 112 cm³/mol. The van der Waals surface area contributed by atoms with Gasteiger partial charge in [-0.2, -0.15) is 4.98 Å². The third-order valence-corrected chi connectivity index (χ3v) is 5.18. The molecule has 0 unspecified atom stereocenters. The standard InChI is InChI=1S/C22H30N4O3/c1-4-18(15-26-10-12-29-13-11-26)24-20(27)14-19-16(2)23-21(25-22(19)28-3)17-8-6-5-7-9-17/h5-9,18H,4,10-15H2,1-3H3,(H,24,27)/t18-/m0/s1. The lowest BCUT2D eigenvalue weighted by molar-refractivity contribution is -0.121. The maximum atomic E-state index is 12.7. The van der Waals surface area contributed by atoms with E-state index in [9.17, 15) is 4.79 Å². The summed E-state index contributed by atoms with van der Waals surface area (Å²) in [4.78, 5) is 24.2. The van der Waals surface area contributed by atoms with Crippen molar-refractivity contribution >= 4 is 5.91 Å². The number of carbonyl (C=O) groups is 1. The molecule has 3 rings (SSSR count). The number of amides is 1. The number of nitrogens with one attached hydrogen (secondary N) is 1. The van der Waals surface area contributed by atoms with E-state index < -0.39 is 0 Å². The van der Waals surface area contributed by atoms with Gasteiger partial charge < -0.3 is 14.8 Å². The maximum absolute atomic E-state index is 12.7. The predicted octanol–water partition coefficient (Wildman–Crippen LogP) is 2.23. The largest absolute Gasteiger partial charge is 0.481 e. The Kier molecular flexibility index (Phi) is 7.55. The summed E-state index contributed by atoms with van der Waals surface area (Å²) >= 11 is 0. The number of nitrogens with zero attached hydrogens (tertiary/aromatic N) is 3. The first-order valence-corrected chi connectivity index (χ1v) is 10.2. The Bertz CT molecular complexity index is 807. The Morgan fingerprint density at radius 2 is 1.97 bits per heavy atom. The number of aryl methyl sites for hydroxylation is 1. The molecule has 1 amide bonds. The number of aromatic nitrogens is 2. The third kappa shape index (κ3) is 5.74. The van der Waals surface area contributed by atoms with Gasteiger partial charge in [0.15, 0.2) is 5.82 Å². The third-order valence-electron chi connectivity index (χ3n) is 5.18. The molecular formula is C22H30N4O3. The van der Waals surface area contributed by atoms with Crippen molar-refractivity contribution in [1.29, 1.82) is 0 Å². The van der Waals surface area contributed by atoms with Crippen molar-refractivity contribution in [1.82, 2.24) is 20.2 Å². The van der Waals surface area contributed by atoms with Crippen LogP contribution in [-0.4, -0.2) is 66.8 Å². The molecule has 0 bridgehead atoms. The summed E-state index contributed by atoms with van der Waals surface area (Å²) in [6.45, 7) is 8.16. The van der Waals surface area contributed by atoms with Crippen molar-refractivity contribution in [3.05, 3.63) is 41.6 Å². The van der Waals surface area contributed by atoms with Gasteiger partial charge in [0.2, 0.25) is 11.8 Å². The van der Waals surface area contributed by atoms with Crippen LogP contribution >= 0.6 is 0 Å². The highest BCUT2D eigenvalue weighted by Crippen LogP contribution is 2.24. The van der Waals surface area contributed by atoms with Crippen molar-refractivity contribution in [2.45, 2.75) is 32.7 Å². The van der Waals surface area contributed by atoms with Gasteiger partial charge in [-0.05, 0) is 13.3 Å². The Hall–Kier alpha value is -2.51. The maximum Gasteiger partial charge on any atom is 0.224 e. The fraction of sp³-hybridized carbons (Fsp3) is 0.500. The zero-order valence-electron chi connectivity index (χ0n) is 17.5. The summed E-state index contributed by atoms with van der Waals surface area (Å²) in [5.41, 5.74) is 2.40. The number of ether oxygens (including phenoxy) is 2. The van der Waals surface area contributed by atoms with Crippen molar-refractivity contribution in [2.75, 3.05) is 40.0 Å². The molecule has 29 heavy (non-hydrogen) atoms. The van der Waals surface area contributed by atoms with Gasteiger partial charge in [-0.3, -0.25) is 9.69 Å². The summed E-state index contributed by atoms with van der Waals surface area (Å²) in [5, 5.41) is 3.15. The van der Waals surface area contributed by atoms with E-state index in [-0.39, 0.29) is 18.4 Å². The first kappa shape index (κ1) is 21.2. The SMILES string of the molecule is CC[C@@H](CN1CCOCC1)NC(=O)Cc1c(C)nc(-c2ccccc2)nc1OC. The molecule has 1 aromatic heterocycles. The molecule has 7 heteroatoms. The lowest BCUT2D eigenvalue weighted by atomic mass is 10.1. The van der Waals surface area contributed by atoms with Crippen LogP contribution in [0.15, 0.2) is 30.3 Å². The van der Waals surface area contributed by atoms with Crippen LogP contribution in [0.1, 0.15) is 24.6 Å². The molecule has 0 saturated carbocycles. The molecule has 7 nitrogen and oxygen atoms in total. The minimum atomic E-state index is -0.0393. The van der Waals surface area contributed by atoms with E-state index in [2.05, 4.69) is 27.1 Å². The molecule has 0 aliphatic carbocycles. The number of hydrogen-bond donors (Lipinski definition) is 1. The van der Waals surface area contributed by atoms with Gasteiger partial charge in [-0.25, -0.2) is 4.98 Å². The molecule has 2 aromatic rings. The van der Waals surface area contributed by atoms with Crippen LogP contribution in [0, 0.1) is 6.92 Å². The monoisotopic (exact) mass is 398 g/mol. The van der Waals surface area contributed by atoms with Gasteiger partial charge in [0, 0.05) is 42.5 Å². The van der Waals surface area contributed by atoms with Crippen molar-refractivity contribution < 1.29 is 14.3 Å². The number of rotatable bonds is 8. The van der Waals surface area contributed by atoms with Crippen LogP contribution in [-0.2, 0) is 16.0 Å². The number of morpholine rings is 1. The highest BCUT2D eigenvalue weighted by Gasteiger charge is 2.20. The van der Waals surface area contributed by atoms with Crippen LogP contribution in [0.25, 0.3) is 11.4 Å². The first-order chi connectivity index (χ1) is 14.1. The molecule has 1 atom stereocenters. The average Bonchev–Trinajstić information content (AvgIpc) is 2.75. The fourth-order valence-electron chi connectivity index (χ4n) is 3.47. The second-order valence-corrected chi connectivity index (χ2v) is 7.25. The Labute approximate surface area is 172 Å². The van der Waals surface area contributed by atoms with E-state index in [4.69, 9.17) is 9.47 Å². The smallest absolute Gasteiger partial charge is 0.224 e. The van der Waals surface area contributed by atoms with E-state index in [1.165, 1.54) is 0 Å². The Morgan fingerprint density at radius 3 is 2.62 bits per heavy atom. The quantitative estimate of drug-likeness (QED) is 0.735. The van der Waals surface area contributed by atoms with Gasteiger partial charge in [-0.15, -0.1) is 0 Å². The molecule has 1 aliphatic heterocycles. The molecule has 1 aromatic carbocycles. The van der Waals surface area contributed by atoms with Gasteiger partial charge >= 0.3 is 0 Å². The van der Waals surface area contributed by atoms with Gasteiger partial charge in [0.1, 0.15) is 0 Å². The van der Waals surface area contributed by atoms with Crippen LogP contribution in [0.5, 0.6) is 5.88 Å². The number of carbonyl (C=O) groups excluding carboxylic acids is 1. The first-order valence-electron chi connectivity index (χ1n) is 10.2. The highest BCUT2D eigenvalue weighted by atomic mass is 16.5. The van der Waals surface area contributed by atoms with Crippen LogP contribution in [0.4, 0.5) is 0 Å². The summed E-state index contributed by atoms with van der Waals surface area (Å²) in [7, 11) is 1.57. The van der Waals surface area contributed by atoms with Gasteiger partial charge in [0.05, 0.1) is 26.7 Å². The second kappa shape index (κ2) is 10.3. The van der Waals surface area contributed by atoms with Gasteiger partial charge in [-0.1, -0.05) is 37.3 Å². The average molecular weight is 399 g/mol. The molecule has 1 aliphatic rings. The molecule has 1 fully saturated rings. The van der Waals surface area contributed by atoms with Crippen molar-refractivity contribution in [3.63, 3.8) is 0 Å². The molecule has 0 radical (unpaired) electrons. The summed E-state index contributed by atoms with van der Waals surface area (Å²) < 4.78 is 10.9. The minimum absolute atomic E-state index is 0.0393. The Morgan fingerprint density at radius 1 is 1.24 bits per heavy atom. The lowest BCUT2D eigenvalue weighted by Crippen LogP contribution is -2.47. The summed E-state index contributed by atoms with van der Waals surface area (Å²) in [6.07, 6.45) is 1.08. The van der Waals surface area contributed by atoms with E-state index in [1.807, 2.05) is 37.3 Å². The fourth-order valence-corrected chi connectivity index (χ4v) is 3.47. The van der Waals surface area contributed by atoms with E-state index in [0.717, 1.165) is 56.1 Å². The van der Waals surface area contributed by atoms with Crippen LogP contribution in [0.2, 0.25) is 0 Å². The number of hydrogen-bond acceptors (Lipinski definition) is 6. The summed E-state index contributed by atoms with van der Waals surface area (Å²) in [6, 6.07) is 9.86. The van der Waals surface area contributed by atoms with E-state index in [0.29, 0.717) is 11.7 Å². The normalized spacial score (nSPS) is 15.7. The van der Waals surface area contributed by atoms with E-state index in [1.54, 1.807) is 7.11 Å². The van der Waals surface area contributed by atoms with Gasteiger partial charge in [0.25, 0.3) is 0 Å². The number of methoxy groups -OCH3 is 1. The Balaban J connectivity index is 1.68. The van der Waals surface area contributed by atoms with Crippen LogP contribution in [0.3, 0.4) is 0 Å². The zero-order chi connectivity index (χ0) is 20.6. The van der Waals surface area contributed by atoms with E-state index >= 15 is 0 Å². The number of benzene rings is 1. The topological polar surface area (TPSA) is 76.6 Å². The molecular weight excluding hydrogens is 368 g/mol. The van der Waals surface area contributed by atoms with Crippen LogP contribution < -0.4 is 10.1 Å². The van der Waals surface area contributed by atoms with Crippen molar-refractivity contribution in [3.8, 4) is 17.3 Å². The molecule has 1 N–H and O–H groups in total. The molecule has 2 heterocycles. The highest BCUT2D eigenvalue weighted by molar-refractivity contribution is 5.80. The van der Waals surface area contributed by atoms with Crippen molar-refractivity contribution in [2.24, 2.45) is 0 Å². The minimum Gasteiger partial charge on any atom is -0.481 e. The second-order valence-electron chi connectivity index (χ2n) is 7.25. The molecule has 0 spiro atoms. The zero-order valence-corrected chi connectivity index (χ0v) is 17.5. The lowest BCUT2D eigenvalue weighted by Gasteiger charge is -2.30. The summed E-state index contributed by atoms with van der Waals surface area (Å²) in [5.74, 6) is 1.01.